The molecule has 0 aromatic rings. The van der Waals surface area contributed by atoms with Crippen molar-refractivity contribution in [3.05, 3.63) is 0 Å². The molecule has 0 aromatic heterocycles. The van der Waals surface area contributed by atoms with E-state index < -0.39 is 5.60 Å². The second-order valence-corrected chi connectivity index (χ2v) is 5.56. The van der Waals surface area contributed by atoms with E-state index in [0.29, 0.717) is 25.5 Å². The Morgan fingerprint density at radius 1 is 1.24 bits per heavy atom. The minimum atomic E-state index is -0.391. The number of rotatable bonds is 8. The number of hydrogen-bond donors (Lipinski definition) is 1. The maximum Gasteiger partial charge on any atom is 0.307 e. The number of carbonyl (C=O) groups is 1. The lowest BCUT2D eigenvalue weighted by Gasteiger charge is -2.19. The van der Waals surface area contributed by atoms with Crippen LogP contribution in [0.3, 0.4) is 0 Å². The first kappa shape index (κ1) is 16.4. The number of hydrogen-bond acceptors (Lipinski definition) is 4. The van der Waals surface area contributed by atoms with Gasteiger partial charge in [-0.25, -0.2) is 0 Å². The second kappa shape index (κ2) is 8.48. The summed E-state index contributed by atoms with van der Waals surface area (Å²) in [6.45, 7) is 12.7. The maximum atomic E-state index is 11.3. The predicted octanol–water partition coefficient (Wildman–Crippen LogP) is 1.98. The molecule has 0 radical (unpaired) electrons. The molecule has 0 saturated carbocycles. The monoisotopic (exact) mass is 245 g/mol. The molecule has 102 valence electrons. The molecular weight excluding hydrogens is 218 g/mol. The quantitative estimate of drug-likeness (QED) is 0.525. The summed E-state index contributed by atoms with van der Waals surface area (Å²) in [5.74, 6) is 0.407. The SMILES string of the molecule is CC(C)COCCNCCC(=O)OC(C)(C)C. The van der Waals surface area contributed by atoms with Crippen LogP contribution in [0.15, 0.2) is 0 Å². The molecule has 0 rings (SSSR count). The first-order valence-corrected chi connectivity index (χ1v) is 6.31. The van der Waals surface area contributed by atoms with Gasteiger partial charge >= 0.3 is 5.97 Å². The summed E-state index contributed by atoms with van der Waals surface area (Å²) in [5, 5.41) is 3.15. The Hall–Kier alpha value is -0.610. The van der Waals surface area contributed by atoms with E-state index >= 15 is 0 Å². The highest BCUT2D eigenvalue weighted by Gasteiger charge is 2.15. The van der Waals surface area contributed by atoms with Crippen LogP contribution in [-0.2, 0) is 14.3 Å². The van der Waals surface area contributed by atoms with Gasteiger partial charge in [-0.3, -0.25) is 4.79 Å². The van der Waals surface area contributed by atoms with Crippen molar-refractivity contribution < 1.29 is 14.3 Å². The minimum absolute atomic E-state index is 0.159. The molecule has 17 heavy (non-hydrogen) atoms. The maximum absolute atomic E-state index is 11.3. The Bertz CT molecular complexity index is 209. The Kier molecular flexibility index (Phi) is 8.17. The summed E-state index contributed by atoms with van der Waals surface area (Å²) in [7, 11) is 0. The zero-order valence-electron chi connectivity index (χ0n) is 11.8. The standard InChI is InChI=1S/C13H27NO3/c1-11(2)10-16-9-8-14-7-6-12(15)17-13(3,4)5/h11,14H,6-10H2,1-5H3. The first-order valence-electron chi connectivity index (χ1n) is 6.31. The van der Waals surface area contributed by atoms with Gasteiger partial charge < -0.3 is 14.8 Å². The van der Waals surface area contributed by atoms with E-state index in [9.17, 15) is 4.79 Å². The van der Waals surface area contributed by atoms with Gasteiger partial charge in [0.25, 0.3) is 0 Å². The average Bonchev–Trinajstić information content (AvgIpc) is 2.12. The lowest BCUT2D eigenvalue weighted by atomic mass is 10.2. The molecule has 0 unspecified atom stereocenters. The van der Waals surface area contributed by atoms with Crippen LogP contribution in [0.4, 0.5) is 0 Å². The van der Waals surface area contributed by atoms with E-state index in [0.717, 1.165) is 13.2 Å². The lowest BCUT2D eigenvalue weighted by Crippen LogP contribution is -2.28. The van der Waals surface area contributed by atoms with Gasteiger partial charge in [-0.05, 0) is 26.7 Å². The van der Waals surface area contributed by atoms with E-state index in [1.165, 1.54) is 0 Å². The molecule has 0 aliphatic carbocycles. The molecule has 4 heteroatoms. The Labute approximate surface area is 105 Å². The van der Waals surface area contributed by atoms with Crippen LogP contribution in [0, 0.1) is 5.92 Å². The number of carbonyl (C=O) groups excluding carboxylic acids is 1. The van der Waals surface area contributed by atoms with E-state index in [-0.39, 0.29) is 5.97 Å². The number of nitrogens with one attached hydrogen (secondary N) is 1. The molecule has 0 fully saturated rings. The third-order valence-electron chi connectivity index (χ3n) is 1.80. The van der Waals surface area contributed by atoms with Crippen molar-refractivity contribution in [3.8, 4) is 0 Å². The molecule has 1 N–H and O–H groups in total. The molecule has 0 aliphatic heterocycles. The molecule has 0 amide bonds. The highest BCUT2D eigenvalue weighted by Crippen LogP contribution is 2.07. The van der Waals surface area contributed by atoms with Crippen LogP contribution in [0.2, 0.25) is 0 Å². The molecule has 0 spiro atoms. The molecule has 0 bridgehead atoms. The van der Waals surface area contributed by atoms with Crippen molar-refractivity contribution in [2.45, 2.75) is 46.6 Å². The fraction of sp³-hybridized carbons (Fsp3) is 0.923. The van der Waals surface area contributed by atoms with Crippen molar-refractivity contribution in [1.82, 2.24) is 5.32 Å². The van der Waals surface area contributed by atoms with Crippen molar-refractivity contribution in [3.63, 3.8) is 0 Å². The van der Waals surface area contributed by atoms with Gasteiger partial charge in [-0.2, -0.15) is 0 Å². The third kappa shape index (κ3) is 13.3. The van der Waals surface area contributed by atoms with Gasteiger partial charge in [0.15, 0.2) is 0 Å². The van der Waals surface area contributed by atoms with Crippen LogP contribution < -0.4 is 5.32 Å². The molecule has 0 aromatic carbocycles. The van der Waals surface area contributed by atoms with Crippen LogP contribution in [0.5, 0.6) is 0 Å². The Balaban J connectivity index is 3.31. The Morgan fingerprint density at radius 3 is 2.41 bits per heavy atom. The molecule has 0 heterocycles. The van der Waals surface area contributed by atoms with Gasteiger partial charge in [-0.1, -0.05) is 13.8 Å². The molecule has 0 saturated heterocycles. The third-order valence-corrected chi connectivity index (χ3v) is 1.80. The van der Waals surface area contributed by atoms with E-state index in [4.69, 9.17) is 9.47 Å². The van der Waals surface area contributed by atoms with Crippen LogP contribution >= 0.6 is 0 Å². The van der Waals surface area contributed by atoms with Gasteiger partial charge in [-0.15, -0.1) is 0 Å². The van der Waals surface area contributed by atoms with Crippen molar-refractivity contribution >= 4 is 5.97 Å². The van der Waals surface area contributed by atoms with Crippen molar-refractivity contribution in [2.75, 3.05) is 26.3 Å². The highest BCUT2D eigenvalue weighted by molar-refractivity contribution is 5.70. The van der Waals surface area contributed by atoms with Crippen molar-refractivity contribution in [1.29, 1.82) is 0 Å². The highest BCUT2D eigenvalue weighted by atomic mass is 16.6. The van der Waals surface area contributed by atoms with Crippen LogP contribution in [-0.4, -0.2) is 37.9 Å². The smallest absolute Gasteiger partial charge is 0.307 e. The zero-order valence-corrected chi connectivity index (χ0v) is 11.8. The number of esters is 1. The molecule has 0 atom stereocenters. The largest absolute Gasteiger partial charge is 0.460 e. The summed E-state index contributed by atoms with van der Waals surface area (Å²) in [4.78, 5) is 11.3. The van der Waals surface area contributed by atoms with Crippen molar-refractivity contribution in [2.24, 2.45) is 5.92 Å². The molecule has 4 nitrogen and oxygen atoms in total. The molecular formula is C13H27NO3. The Morgan fingerprint density at radius 2 is 1.88 bits per heavy atom. The zero-order chi connectivity index (χ0) is 13.3. The van der Waals surface area contributed by atoms with Gasteiger partial charge in [0.1, 0.15) is 5.60 Å². The van der Waals surface area contributed by atoms with Gasteiger partial charge in [0.2, 0.25) is 0 Å². The van der Waals surface area contributed by atoms with Gasteiger partial charge in [0, 0.05) is 19.7 Å². The lowest BCUT2D eigenvalue weighted by molar-refractivity contribution is -0.154. The van der Waals surface area contributed by atoms with Gasteiger partial charge in [0.05, 0.1) is 13.0 Å². The summed E-state index contributed by atoms with van der Waals surface area (Å²) >= 11 is 0. The van der Waals surface area contributed by atoms with E-state index in [1.807, 2.05) is 20.8 Å². The summed E-state index contributed by atoms with van der Waals surface area (Å²) in [5.41, 5.74) is -0.391. The second-order valence-electron chi connectivity index (χ2n) is 5.56. The van der Waals surface area contributed by atoms with E-state index in [2.05, 4.69) is 19.2 Å². The van der Waals surface area contributed by atoms with Crippen LogP contribution in [0.1, 0.15) is 41.0 Å². The average molecular weight is 245 g/mol. The summed E-state index contributed by atoms with van der Waals surface area (Å²) in [6.07, 6.45) is 0.404. The molecule has 0 aliphatic rings. The minimum Gasteiger partial charge on any atom is -0.460 e. The summed E-state index contributed by atoms with van der Waals surface area (Å²) < 4.78 is 10.6. The first-order chi connectivity index (χ1) is 7.81. The van der Waals surface area contributed by atoms with E-state index in [1.54, 1.807) is 0 Å². The normalized spacial score (nSPS) is 11.9. The predicted molar refractivity (Wildman–Crippen MR) is 69.0 cm³/mol. The topological polar surface area (TPSA) is 47.6 Å². The number of ether oxygens (including phenoxy) is 2. The van der Waals surface area contributed by atoms with Crippen LogP contribution in [0.25, 0.3) is 0 Å². The summed E-state index contributed by atoms with van der Waals surface area (Å²) in [6, 6.07) is 0. The fourth-order valence-electron chi connectivity index (χ4n) is 1.17. The fourth-order valence-corrected chi connectivity index (χ4v) is 1.17.